The predicted molar refractivity (Wildman–Crippen MR) is 65.4 cm³/mol. The lowest BCUT2D eigenvalue weighted by Crippen LogP contribution is -2.35. The first-order valence-electron chi connectivity index (χ1n) is 5.74. The molecule has 1 aromatic heterocycles. The van der Waals surface area contributed by atoms with E-state index in [-0.39, 0.29) is 12.1 Å². The largest absolute Gasteiger partial charge is 0.394 e. The van der Waals surface area contributed by atoms with Crippen molar-refractivity contribution in [3.8, 4) is 0 Å². The Morgan fingerprint density at radius 3 is 2.44 bits per heavy atom. The standard InChI is InChI=1S/C12H23N3O/c1-9-11(8-13-12(3,4)5)10(2)15(14-9)6-7-16/h13,16H,6-8H2,1-5H3. The number of aromatic nitrogens is 2. The van der Waals surface area contributed by atoms with E-state index in [2.05, 4.69) is 38.1 Å². The highest BCUT2D eigenvalue weighted by Crippen LogP contribution is 2.14. The monoisotopic (exact) mass is 225 g/mol. The Bertz CT molecular complexity index is 350. The highest BCUT2D eigenvalue weighted by atomic mass is 16.3. The van der Waals surface area contributed by atoms with Gasteiger partial charge in [0.05, 0.1) is 18.8 Å². The molecular weight excluding hydrogens is 202 g/mol. The van der Waals surface area contributed by atoms with Gasteiger partial charge in [-0.1, -0.05) is 0 Å². The highest BCUT2D eigenvalue weighted by Gasteiger charge is 2.14. The van der Waals surface area contributed by atoms with Crippen LogP contribution >= 0.6 is 0 Å². The summed E-state index contributed by atoms with van der Waals surface area (Å²) in [5.74, 6) is 0. The lowest BCUT2D eigenvalue weighted by Gasteiger charge is -2.20. The van der Waals surface area contributed by atoms with E-state index >= 15 is 0 Å². The second-order valence-corrected chi connectivity index (χ2v) is 5.20. The van der Waals surface area contributed by atoms with Crippen LogP contribution in [0.4, 0.5) is 0 Å². The van der Waals surface area contributed by atoms with Crippen molar-refractivity contribution in [3.63, 3.8) is 0 Å². The molecule has 0 spiro atoms. The summed E-state index contributed by atoms with van der Waals surface area (Å²) < 4.78 is 1.87. The van der Waals surface area contributed by atoms with Gasteiger partial charge in [-0.2, -0.15) is 5.10 Å². The molecule has 1 aromatic rings. The zero-order chi connectivity index (χ0) is 12.3. The molecule has 0 radical (unpaired) electrons. The van der Waals surface area contributed by atoms with Crippen molar-refractivity contribution in [2.24, 2.45) is 0 Å². The predicted octanol–water partition coefficient (Wildman–Crippen LogP) is 1.38. The van der Waals surface area contributed by atoms with Crippen molar-refractivity contribution in [1.29, 1.82) is 0 Å². The van der Waals surface area contributed by atoms with Crippen molar-refractivity contribution in [3.05, 3.63) is 17.0 Å². The summed E-state index contributed by atoms with van der Waals surface area (Å²) in [6, 6.07) is 0. The molecule has 2 N–H and O–H groups in total. The third kappa shape index (κ3) is 3.32. The molecule has 0 aliphatic carbocycles. The summed E-state index contributed by atoms with van der Waals surface area (Å²) in [6.07, 6.45) is 0. The van der Waals surface area contributed by atoms with Crippen LogP contribution in [0.1, 0.15) is 37.7 Å². The van der Waals surface area contributed by atoms with E-state index in [0.717, 1.165) is 17.9 Å². The third-order valence-electron chi connectivity index (χ3n) is 2.64. The van der Waals surface area contributed by atoms with Crippen molar-refractivity contribution in [2.75, 3.05) is 6.61 Å². The molecule has 0 saturated carbocycles. The van der Waals surface area contributed by atoms with Crippen LogP contribution in [0.3, 0.4) is 0 Å². The van der Waals surface area contributed by atoms with Crippen molar-refractivity contribution >= 4 is 0 Å². The van der Waals surface area contributed by atoms with Gasteiger partial charge in [0.1, 0.15) is 0 Å². The third-order valence-corrected chi connectivity index (χ3v) is 2.64. The molecule has 0 bridgehead atoms. The molecule has 0 unspecified atom stereocenters. The average Bonchev–Trinajstić information content (AvgIpc) is 2.39. The number of hydrogen-bond acceptors (Lipinski definition) is 3. The molecule has 0 amide bonds. The molecule has 0 aliphatic heterocycles. The van der Waals surface area contributed by atoms with Gasteiger partial charge >= 0.3 is 0 Å². The second-order valence-electron chi connectivity index (χ2n) is 5.20. The molecular formula is C12H23N3O. The van der Waals surface area contributed by atoms with Crippen LogP contribution in [-0.4, -0.2) is 27.0 Å². The van der Waals surface area contributed by atoms with E-state index in [0.29, 0.717) is 6.54 Å². The van der Waals surface area contributed by atoms with Gasteiger partial charge in [0, 0.05) is 23.3 Å². The Morgan fingerprint density at radius 1 is 1.31 bits per heavy atom. The summed E-state index contributed by atoms with van der Waals surface area (Å²) >= 11 is 0. The Balaban J connectivity index is 2.80. The van der Waals surface area contributed by atoms with Crippen LogP contribution in [0.5, 0.6) is 0 Å². The molecule has 1 rings (SSSR count). The van der Waals surface area contributed by atoms with Crippen LogP contribution in [0.15, 0.2) is 0 Å². The van der Waals surface area contributed by atoms with E-state index < -0.39 is 0 Å². The minimum Gasteiger partial charge on any atom is -0.394 e. The second kappa shape index (κ2) is 4.97. The summed E-state index contributed by atoms with van der Waals surface area (Å²) in [6.45, 7) is 12.0. The van der Waals surface area contributed by atoms with Crippen molar-refractivity contribution < 1.29 is 5.11 Å². The molecule has 92 valence electrons. The smallest absolute Gasteiger partial charge is 0.0644 e. The molecule has 0 saturated heterocycles. The average molecular weight is 225 g/mol. The molecule has 0 fully saturated rings. The van der Waals surface area contributed by atoms with E-state index in [1.54, 1.807) is 0 Å². The van der Waals surface area contributed by atoms with Gasteiger partial charge < -0.3 is 10.4 Å². The quantitative estimate of drug-likeness (QED) is 0.814. The number of aliphatic hydroxyl groups excluding tert-OH is 1. The zero-order valence-electron chi connectivity index (χ0n) is 11.0. The van der Waals surface area contributed by atoms with Gasteiger partial charge in [0.15, 0.2) is 0 Å². The molecule has 0 atom stereocenters. The highest BCUT2D eigenvalue weighted by molar-refractivity contribution is 5.24. The fourth-order valence-electron chi connectivity index (χ4n) is 1.66. The number of aliphatic hydroxyl groups is 1. The molecule has 1 heterocycles. The van der Waals surface area contributed by atoms with Crippen LogP contribution in [0, 0.1) is 13.8 Å². The van der Waals surface area contributed by atoms with Gasteiger partial charge in [-0.25, -0.2) is 0 Å². The van der Waals surface area contributed by atoms with E-state index in [1.165, 1.54) is 5.56 Å². The Labute approximate surface area is 97.7 Å². The van der Waals surface area contributed by atoms with Gasteiger partial charge in [0.25, 0.3) is 0 Å². The number of aryl methyl sites for hydroxylation is 1. The van der Waals surface area contributed by atoms with Crippen LogP contribution < -0.4 is 5.32 Å². The van der Waals surface area contributed by atoms with Crippen LogP contribution in [0.25, 0.3) is 0 Å². The first-order valence-corrected chi connectivity index (χ1v) is 5.74. The minimum atomic E-state index is 0.109. The van der Waals surface area contributed by atoms with E-state index in [4.69, 9.17) is 5.11 Å². The molecule has 0 aromatic carbocycles. The minimum absolute atomic E-state index is 0.109. The molecule has 16 heavy (non-hydrogen) atoms. The van der Waals surface area contributed by atoms with Gasteiger partial charge in [0.2, 0.25) is 0 Å². The SMILES string of the molecule is Cc1nn(CCO)c(C)c1CNC(C)(C)C. The van der Waals surface area contributed by atoms with Crippen molar-refractivity contribution in [2.45, 2.75) is 53.2 Å². The summed E-state index contributed by atoms with van der Waals surface area (Å²) in [7, 11) is 0. The lowest BCUT2D eigenvalue weighted by molar-refractivity contribution is 0.267. The number of hydrogen-bond donors (Lipinski definition) is 2. The molecule has 4 nitrogen and oxygen atoms in total. The van der Waals surface area contributed by atoms with Crippen LogP contribution in [-0.2, 0) is 13.1 Å². The maximum absolute atomic E-state index is 8.93. The van der Waals surface area contributed by atoms with Gasteiger partial charge in [-0.05, 0) is 34.6 Å². The Morgan fingerprint density at radius 2 is 1.94 bits per heavy atom. The Kier molecular flexibility index (Phi) is 4.10. The van der Waals surface area contributed by atoms with E-state index in [9.17, 15) is 0 Å². The zero-order valence-corrected chi connectivity index (χ0v) is 11.0. The Hall–Kier alpha value is -0.870. The maximum atomic E-state index is 8.93. The number of nitrogens with one attached hydrogen (secondary N) is 1. The first kappa shape index (κ1) is 13.2. The van der Waals surface area contributed by atoms with Gasteiger partial charge in [-0.15, -0.1) is 0 Å². The fraction of sp³-hybridized carbons (Fsp3) is 0.750. The summed E-state index contributed by atoms with van der Waals surface area (Å²) in [5.41, 5.74) is 3.53. The van der Waals surface area contributed by atoms with Gasteiger partial charge in [-0.3, -0.25) is 4.68 Å². The first-order chi connectivity index (χ1) is 7.35. The number of rotatable bonds is 4. The van der Waals surface area contributed by atoms with Crippen molar-refractivity contribution in [1.82, 2.24) is 15.1 Å². The summed E-state index contributed by atoms with van der Waals surface area (Å²) in [4.78, 5) is 0. The van der Waals surface area contributed by atoms with E-state index in [1.807, 2.05) is 11.6 Å². The normalized spacial score (nSPS) is 12.1. The maximum Gasteiger partial charge on any atom is 0.0644 e. The fourth-order valence-corrected chi connectivity index (χ4v) is 1.66. The summed E-state index contributed by atoms with van der Waals surface area (Å²) in [5, 5.41) is 16.8. The molecule has 4 heteroatoms. The van der Waals surface area contributed by atoms with Crippen LogP contribution in [0.2, 0.25) is 0 Å². The molecule has 0 aliphatic rings. The topological polar surface area (TPSA) is 50.1 Å². The lowest BCUT2D eigenvalue weighted by atomic mass is 10.1. The number of nitrogens with zero attached hydrogens (tertiary/aromatic N) is 2.